The second-order valence-electron chi connectivity index (χ2n) is 13.4. The lowest BCUT2D eigenvalue weighted by Gasteiger charge is -2.40. The Balaban J connectivity index is 1.46. The number of hydroxylamine groups is 2. The predicted molar refractivity (Wildman–Crippen MR) is 171 cm³/mol. The van der Waals surface area contributed by atoms with E-state index in [1.165, 1.54) is 17.9 Å². The molecule has 2 aromatic rings. The molecule has 14 nitrogen and oxygen atoms in total. The van der Waals surface area contributed by atoms with Crippen LogP contribution in [0.1, 0.15) is 79.2 Å². The van der Waals surface area contributed by atoms with Crippen molar-refractivity contribution >= 4 is 20.0 Å². The van der Waals surface area contributed by atoms with Crippen LogP contribution in [-0.2, 0) is 29.6 Å². The number of hydrogen-bond acceptors (Lipinski definition) is 12. The first kappa shape index (κ1) is 34.6. The van der Waals surface area contributed by atoms with Gasteiger partial charge in [0, 0.05) is 30.3 Å². The summed E-state index contributed by atoms with van der Waals surface area (Å²) in [5, 5.41) is 36.0. The lowest BCUT2D eigenvalue weighted by molar-refractivity contribution is -0.955. The Bertz CT molecular complexity index is 1530. The topological polar surface area (TPSA) is 168 Å². The summed E-state index contributed by atoms with van der Waals surface area (Å²) in [6.45, 7) is 15.5. The SMILES string of the molecule is CO[C@@H]1[C@H](OP(OCCC#N)N(C(C)C)C(C)C)[C@@H](CO)O[C@H]1n1cc2c(nc1=O)Nc1cc3c(cc1O2)C(C)(C)[NH+]([O-])C3(C)C. The lowest BCUT2D eigenvalue weighted by Crippen LogP contribution is -3.17. The number of nitriles is 1. The Kier molecular flexibility index (Phi) is 9.84. The summed E-state index contributed by atoms with van der Waals surface area (Å²) in [5.74, 6) is 1.02. The van der Waals surface area contributed by atoms with E-state index < -0.39 is 56.4 Å². The Morgan fingerprint density at radius 3 is 2.41 bits per heavy atom. The Morgan fingerprint density at radius 1 is 1.17 bits per heavy atom. The van der Waals surface area contributed by atoms with Crippen LogP contribution in [-0.4, -0.2) is 70.0 Å². The molecule has 0 saturated carbocycles. The van der Waals surface area contributed by atoms with Crippen LogP contribution in [0.5, 0.6) is 11.5 Å². The molecule has 1 saturated heterocycles. The van der Waals surface area contributed by atoms with E-state index in [2.05, 4.69) is 21.0 Å². The maximum absolute atomic E-state index is 13.5. The molecular weight excluding hydrogens is 615 g/mol. The number of nitrogens with one attached hydrogen (secondary N) is 2. The van der Waals surface area contributed by atoms with Gasteiger partial charge in [0.2, 0.25) is 0 Å². The third-order valence-electron chi connectivity index (χ3n) is 8.88. The minimum atomic E-state index is -1.69. The van der Waals surface area contributed by atoms with Gasteiger partial charge in [-0.3, -0.25) is 4.57 Å². The molecule has 3 aliphatic heterocycles. The van der Waals surface area contributed by atoms with E-state index in [0.717, 1.165) is 11.1 Å². The van der Waals surface area contributed by atoms with E-state index in [0.29, 0.717) is 11.4 Å². The van der Waals surface area contributed by atoms with Gasteiger partial charge in [-0.1, -0.05) is 0 Å². The molecule has 6 atom stereocenters. The highest BCUT2D eigenvalue weighted by Crippen LogP contribution is 2.51. The average Bonchev–Trinajstić information content (AvgIpc) is 3.40. The van der Waals surface area contributed by atoms with E-state index in [1.54, 1.807) is 0 Å². The first-order valence-corrected chi connectivity index (χ1v) is 16.7. The van der Waals surface area contributed by atoms with E-state index in [4.69, 9.17) is 28.5 Å². The smallest absolute Gasteiger partial charge is 0.351 e. The van der Waals surface area contributed by atoms with Crippen molar-refractivity contribution in [1.29, 1.82) is 5.26 Å². The Hall–Kier alpha value is -2.70. The van der Waals surface area contributed by atoms with Crippen LogP contribution >= 0.6 is 8.53 Å². The molecule has 0 bridgehead atoms. The summed E-state index contributed by atoms with van der Waals surface area (Å²) in [7, 11) is -0.213. The molecule has 3 N–H and O–H groups in total. The van der Waals surface area contributed by atoms with E-state index in [1.807, 2.05) is 67.5 Å². The second-order valence-corrected chi connectivity index (χ2v) is 14.8. The van der Waals surface area contributed by atoms with Gasteiger partial charge in [0.05, 0.1) is 37.6 Å². The maximum Gasteiger partial charge on any atom is 0.351 e. The number of aromatic nitrogens is 2. The van der Waals surface area contributed by atoms with Gasteiger partial charge < -0.3 is 44.0 Å². The van der Waals surface area contributed by atoms with Crippen LogP contribution in [0, 0.1) is 16.5 Å². The normalized spacial score (nSPS) is 26.3. The van der Waals surface area contributed by atoms with Gasteiger partial charge >= 0.3 is 5.69 Å². The second kappa shape index (κ2) is 13.1. The number of aliphatic hydroxyl groups is 1. The zero-order valence-corrected chi connectivity index (χ0v) is 28.8. The number of benzene rings is 1. The number of quaternary nitrogens is 1. The molecular formula is C31H45N6O8P. The highest BCUT2D eigenvalue weighted by molar-refractivity contribution is 7.44. The van der Waals surface area contributed by atoms with Crippen molar-refractivity contribution in [3.05, 3.63) is 45.1 Å². The van der Waals surface area contributed by atoms with Crippen LogP contribution in [0.15, 0.2) is 23.1 Å². The summed E-state index contributed by atoms with van der Waals surface area (Å²) >= 11 is 0. The van der Waals surface area contributed by atoms with Gasteiger partial charge in [-0.25, -0.2) is 9.46 Å². The van der Waals surface area contributed by atoms with Crippen LogP contribution in [0.4, 0.5) is 11.5 Å². The van der Waals surface area contributed by atoms with Crippen LogP contribution in [0.25, 0.3) is 0 Å². The molecule has 1 aromatic heterocycles. The molecule has 1 fully saturated rings. The van der Waals surface area contributed by atoms with Crippen molar-refractivity contribution in [3.8, 4) is 17.6 Å². The summed E-state index contributed by atoms with van der Waals surface area (Å²) in [6.07, 6.45) is -1.82. The number of anilines is 2. The van der Waals surface area contributed by atoms with Gasteiger partial charge in [-0.15, -0.1) is 0 Å². The van der Waals surface area contributed by atoms with E-state index in [-0.39, 0.29) is 41.7 Å². The molecule has 1 aromatic carbocycles. The van der Waals surface area contributed by atoms with Crippen LogP contribution in [0.3, 0.4) is 0 Å². The third-order valence-corrected chi connectivity index (χ3v) is 11.0. The van der Waals surface area contributed by atoms with Crippen molar-refractivity contribution < 1.29 is 33.4 Å². The fourth-order valence-electron chi connectivity index (χ4n) is 6.72. The first-order chi connectivity index (χ1) is 21.7. The minimum Gasteiger partial charge on any atom is -0.633 e. The number of rotatable bonds is 11. The molecule has 4 heterocycles. The molecule has 15 heteroatoms. The van der Waals surface area contributed by atoms with Gasteiger partial charge in [-0.2, -0.15) is 10.2 Å². The largest absolute Gasteiger partial charge is 0.633 e. The standard InChI is InChI=1S/C31H45N6O8P/c1-17(2)36(18(3)4)46(42-12-10-11-32)45-25-24(16-38)44-28(26(25)41-9)35-15-23-27(34-29(35)39)33-21-13-19-20(14-22(21)43-23)31(7,8)37(40)30(19,5)6/h13-15,17-18,24-26,28,37-38H,10,12,16H2,1-9H3,(H,33,34,39)/t24-,25-,26-,28-,46?/m1/s1. The Morgan fingerprint density at radius 2 is 1.83 bits per heavy atom. The van der Waals surface area contributed by atoms with Crippen molar-refractivity contribution in [1.82, 2.24) is 14.2 Å². The summed E-state index contributed by atoms with van der Waals surface area (Å²) < 4.78 is 34.3. The zero-order valence-electron chi connectivity index (χ0n) is 27.9. The molecule has 0 radical (unpaired) electrons. The molecule has 252 valence electrons. The van der Waals surface area contributed by atoms with Crippen LogP contribution < -0.4 is 20.8 Å². The molecule has 46 heavy (non-hydrogen) atoms. The van der Waals surface area contributed by atoms with Gasteiger partial charge in [0.15, 0.2) is 23.5 Å². The van der Waals surface area contributed by atoms with Crippen molar-refractivity contribution in [2.24, 2.45) is 0 Å². The number of ether oxygens (including phenoxy) is 3. The zero-order chi connectivity index (χ0) is 33.7. The number of fused-ring (bicyclic) bond motifs is 3. The van der Waals surface area contributed by atoms with Gasteiger partial charge in [-0.05, 0) is 67.5 Å². The first-order valence-electron chi connectivity index (χ1n) is 15.5. The fourth-order valence-corrected chi connectivity index (χ4v) is 8.49. The molecule has 2 unspecified atom stereocenters. The fraction of sp³-hybridized carbons (Fsp3) is 0.645. The van der Waals surface area contributed by atoms with E-state index >= 15 is 0 Å². The predicted octanol–water partition coefficient (Wildman–Crippen LogP) is 3.52. The quantitative estimate of drug-likeness (QED) is 0.156. The maximum atomic E-state index is 13.5. The van der Waals surface area contributed by atoms with Crippen molar-refractivity contribution in [3.63, 3.8) is 0 Å². The molecule has 5 rings (SSSR count). The summed E-state index contributed by atoms with van der Waals surface area (Å²) in [5.41, 5.74) is 0.417. The number of aliphatic hydroxyl groups excluding tert-OH is 1. The van der Waals surface area contributed by atoms with E-state index in [9.17, 15) is 15.1 Å². The third kappa shape index (κ3) is 5.94. The average molecular weight is 661 g/mol. The highest BCUT2D eigenvalue weighted by atomic mass is 31.2. The minimum absolute atomic E-state index is 0.0517. The van der Waals surface area contributed by atoms with Crippen molar-refractivity contribution in [2.45, 2.75) is 110 Å². The monoisotopic (exact) mass is 660 g/mol. The molecule has 0 spiro atoms. The highest BCUT2D eigenvalue weighted by Gasteiger charge is 2.51. The summed E-state index contributed by atoms with van der Waals surface area (Å²) in [6, 6.07) is 5.97. The molecule has 3 aliphatic rings. The number of methoxy groups -OCH3 is 1. The lowest BCUT2D eigenvalue weighted by atomic mass is 9.89. The molecule has 0 amide bonds. The van der Waals surface area contributed by atoms with Gasteiger partial charge in [0.1, 0.15) is 29.4 Å². The molecule has 0 aliphatic carbocycles. The number of nitrogens with zero attached hydrogens (tertiary/aromatic N) is 4. The van der Waals surface area contributed by atoms with Crippen molar-refractivity contribution in [2.75, 3.05) is 25.6 Å². The van der Waals surface area contributed by atoms with Gasteiger partial charge in [0.25, 0.3) is 8.53 Å². The number of hydrogen-bond donors (Lipinski definition) is 3. The summed E-state index contributed by atoms with van der Waals surface area (Å²) in [4.78, 5) is 17.7. The Labute approximate surface area is 270 Å². The van der Waals surface area contributed by atoms with Crippen LogP contribution in [0.2, 0.25) is 0 Å².